The average molecular weight is 474 g/mol. The van der Waals surface area contributed by atoms with Gasteiger partial charge >= 0.3 is 5.97 Å². The molecule has 0 fully saturated rings. The first kappa shape index (κ1) is 21.4. The second-order valence-corrected chi connectivity index (χ2v) is 9.04. The summed E-state index contributed by atoms with van der Waals surface area (Å²) in [6.07, 6.45) is 3.78. The summed E-state index contributed by atoms with van der Waals surface area (Å²) in [4.78, 5) is 21.7. The minimum atomic E-state index is -0.424. The van der Waals surface area contributed by atoms with E-state index in [0.29, 0.717) is 16.3 Å². The van der Waals surface area contributed by atoms with Gasteiger partial charge in [0.25, 0.3) is 0 Å². The number of esters is 1. The Bertz CT molecular complexity index is 1470. The third-order valence-electron chi connectivity index (χ3n) is 5.41. The molecule has 3 aromatic heterocycles. The number of aromatic amines is 1. The summed E-state index contributed by atoms with van der Waals surface area (Å²) in [5.41, 5.74) is 5.42. The van der Waals surface area contributed by atoms with E-state index in [1.807, 2.05) is 71.7 Å². The molecule has 5 nitrogen and oxygen atoms in total. The van der Waals surface area contributed by atoms with E-state index in [2.05, 4.69) is 22.1 Å². The molecule has 5 rings (SSSR count). The lowest BCUT2D eigenvalue weighted by Crippen LogP contribution is -2.01. The van der Waals surface area contributed by atoms with Crippen molar-refractivity contribution in [3.63, 3.8) is 0 Å². The van der Waals surface area contributed by atoms with E-state index in [1.54, 1.807) is 18.1 Å². The lowest BCUT2D eigenvalue weighted by molar-refractivity contribution is 0.0602. The largest absolute Gasteiger partial charge is 0.465 e. The monoisotopic (exact) mass is 473 g/mol. The number of aryl methyl sites for hydroxylation is 1. The molecule has 1 N–H and O–H groups in total. The van der Waals surface area contributed by atoms with Gasteiger partial charge in [-0.15, -0.1) is 0 Å². The molecule has 0 atom stereocenters. The number of nitrogens with zero attached hydrogens (tertiary/aromatic N) is 2. The molecule has 2 aromatic carbocycles. The summed E-state index contributed by atoms with van der Waals surface area (Å²) < 4.78 is 7.09. The van der Waals surface area contributed by atoms with E-state index in [9.17, 15) is 4.79 Å². The molecular formula is C26H20ClN3O2S. The number of pyridine rings is 1. The fourth-order valence-corrected chi connectivity index (χ4v) is 5.01. The van der Waals surface area contributed by atoms with Crippen LogP contribution < -0.4 is 0 Å². The summed E-state index contributed by atoms with van der Waals surface area (Å²) in [6, 6.07) is 21.7. The van der Waals surface area contributed by atoms with Crippen LogP contribution in [0.4, 0.5) is 0 Å². The molecule has 0 saturated heterocycles. The van der Waals surface area contributed by atoms with Crippen molar-refractivity contribution in [2.24, 2.45) is 0 Å². The zero-order valence-electron chi connectivity index (χ0n) is 18.0. The molecule has 0 aliphatic carbocycles. The van der Waals surface area contributed by atoms with Crippen LogP contribution in [0.15, 0.2) is 84.0 Å². The number of fused-ring (bicyclic) bond motifs is 1. The van der Waals surface area contributed by atoms with Crippen LogP contribution in [-0.2, 0) is 4.74 Å². The maximum atomic E-state index is 12.6. The Morgan fingerprint density at radius 1 is 1.06 bits per heavy atom. The van der Waals surface area contributed by atoms with Crippen molar-refractivity contribution in [3.8, 4) is 22.5 Å². The number of rotatable bonds is 5. The second-order valence-electron chi connectivity index (χ2n) is 7.59. The number of methoxy groups -OCH3 is 1. The Balaban J connectivity index is 1.63. The zero-order valence-corrected chi connectivity index (χ0v) is 19.6. The normalized spacial score (nSPS) is 11.1. The Morgan fingerprint density at radius 3 is 2.64 bits per heavy atom. The van der Waals surface area contributed by atoms with E-state index in [4.69, 9.17) is 16.3 Å². The van der Waals surface area contributed by atoms with Gasteiger partial charge in [0.1, 0.15) is 0 Å². The molecule has 5 aromatic rings. The van der Waals surface area contributed by atoms with Gasteiger partial charge in [-0.2, -0.15) is 0 Å². The van der Waals surface area contributed by atoms with Gasteiger partial charge in [0.2, 0.25) is 0 Å². The Kier molecular flexibility index (Phi) is 5.70. The minimum Gasteiger partial charge on any atom is -0.465 e. The van der Waals surface area contributed by atoms with Crippen molar-refractivity contribution in [1.82, 2.24) is 13.9 Å². The van der Waals surface area contributed by atoms with Crippen LogP contribution in [0.25, 0.3) is 33.5 Å². The summed E-state index contributed by atoms with van der Waals surface area (Å²) in [6.45, 7) is 1.98. The van der Waals surface area contributed by atoms with Crippen molar-refractivity contribution in [3.05, 3.63) is 95.3 Å². The van der Waals surface area contributed by atoms with Gasteiger partial charge in [-0.05, 0) is 60.8 Å². The number of halogens is 1. The number of ether oxygens (including phenoxy) is 1. The summed E-state index contributed by atoms with van der Waals surface area (Å²) in [5.74, 6) is -0.424. The molecular weight excluding hydrogens is 454 g/mol. The third kappa shape index (κ3) is 4.03. The molecule has 0 unspecified atom stereocenters. The van der Waals surface area contributed by atoms with Gasteiger partial charge in [-0.3, -0.25) is 3.97 Å². The van der Waals surface area contributed by atoms with E-state index in [1.165, 1.54) is 7.11 Å². The van der Waals surface area contributed by atoms with Crippen LogP contribution in [0.2, 0.25) is 5.02 Å². The first-order valence-corrected chi connectivity index (χ1v) is 11.5. The molecule has 0 bridgehead atoms. The molecule has 7 heteroatoms. The maximum Gasteiger partial charge on any atom is 0.340 e. The molecule has 164 valence electrons. The highest BCUT2D eigenvalue weighted by molar-refractivity contribution is 7.98. The lowest BCUT2D eigenvalue weighted by atomic mass is 10.1. The molecule has 0 saturated carbocycles. The van der Waals surface area contributed by atoms with Crippen LogP contribution >= 0.6 is 23.5 Å². The van der Waals surface area contributed by atoms with E-state index in [0.717, 1.165) is 38.3 Å². The van der Waals surface area contributed by atoms with Crippen molar-refractivity contribution in [1.29, 1.82) is 0 Å². The number of carbonyl (C=O) groups excluding carboxylic acids is 1. The second kappa shape index (κ2) is 8.81. The van der Waals surface area contributed by atoms with Crippen LogP contribution in [-0.4, -0.2) is 27.0 Å². The molecule has 0 amide bonds. The van der Waals surface area contributed by atoms with E-state index < -0.39 is 5.97 Å². The van der Waals surface area contributed by atoms with Crippen molar-refractivity contribution >= 4 is 40.6 Å². The zero-order chi connectivity index (χ0) is 22.9. The quantitative estimate of drug-likeness (QED) is 0.279. The molecule has 3 heterocycles. The van der Waals surface area contributed by atoms with Crippen LogP contribution in [0.1, 0.15) is 15.9 Å². The first-order chi connectivity index (χ1) is 16.0. The fourth-order valence-electron chi connectivity index (χ4n) is 3.82. The standard InChI is InChI=1S/C26H20ClN3O2S/c1-16-8-9-20(22(27)14-16)24-21(26(31)32-2)15-23(29-24)18-10-12-28-25-19(18)11-13-30(25)33-17-6-4-3-5-7-17/h3-15,29H,1-2H3. The lowest BCUT2D eigenvalue weighted by Gasteiger charge is -2.07. The SMILES string of the molecule is COC(=O)c1cc(-c2ccnc3c2ccn3Sc2ccccc2)[nH]c1-c1ccc(C)cc1Cl. The predicted octanol–water partition coefficient (Wildman–Crippen LogP) is 7.00. The first-order valence-electron chi connectivity index (χ1n) is 10.3. The number of aromatic nitrogens is 3. The molecule has 0 radical (unpaired) electrons. The number of hydrogen-bond donors (Lipinski definition) is 1. The smallest absolute Gasteiger partial charge is 0.340 e. The molecule has 0 spiro atoms. The van der Waals surface area contributed by atoms with Crippen LogP contribution in [0, 0.1) is 6.92 Å². The van der Waals surface area contributed by atoms with Crippen molar-refractivity contribution in [2.75, 3.05) is 7.11 Å². The fraction of sp³-hybridized carbons (Fsp3) is 0.0769. The van der Waals surface area contributed by atoms with Crippen LogP contribution in [0.3, 0.4) is 0 Å². The molecule has 0 aliphatic heterocycles. The van der Waals surface area contributed by atoms with Gasteiger partial charge in [0, 0.05) is 39.5 Å². The summed E-state index contributed by atoms with van der Waals surface area (Å²) in [5, 5.41) is 1.54. The van der Waals surface area contributed by atoms with Gasteiger partial charge in [0.15, 0.2) is 5.65 Å². The maximum absolute atomic E-state index is 12.6. The minimum absolute atomic E-state index is 0.424. The predicted molar refractivity (Wildman–Crippen MR) is 134 cm³/mol. The number of hydrogen-bond acceptors (Lipinski definition) is 4. The summed E-state index contributed by atoms with van der Waals surface area (Å²) in [7, 11) is 1.38. The Labute approximate surface area is 200 Å². The topological polar surface area (TPSA) is 59.9 Å². The van der Waals surface area contributed by atoms with Crippen molar-refractivity contribution < 1.29 is 9.53 Å². The highest BCUT2D eigenvalue weighted by Crippen LogP contribution is 2.37. The number of carbonyl (C=O) groups is 1. The number of nitrogens with one attached hydrogen (secondary N) is 1. The van der Waals surface area contributed by atoms with Crippen molar-refractivity contribution in [2.45, 2.75) is 11.8 Å². The average Bonchev–Trinajstić information content (AvgIpc) is 3.44. The highest BCUT2D eigenvalue weighted by atomic mass is 35.5. The van der Waals surface area contributed by atoms with E-state index >= 15 is 0 Å². The number of H-pyrrole nitrogens is 1. The summed E-state index contributed by atoms with van der Waals surface area (Å²) >= 11 is 8.12. The van der Waals surface area contributed by atoms with Gasteiger partial charge in [0.05, 0.1) is 23.4 Å². The Morgan fingerprint density at radius 2 is 1.88 bits per heavy atom. The molecule has 0 aliphatic rings. The van der Waals surface area contributed by atoms with Crippen LogP contribution in [0.5, 0.6) is 0 Å². The van der Waals surface area contributed by atoms with E-state index in [-0.39, 0.29) is 0 Å². The Hall–Kier alpha value is -3.48. The van der Waals surface area contributed by atoms with Gasteiger partial charge in [-0.25, -0.2) is 9.78 Å². The van der Waals surface area contributed by atoms with Gasteiger partial charge < -0.3 is 9.72 Å². The highest BCUT2D eigenvalue weighted by Gasteiger charge is 2.21. The third-order valence-corrected chi connectivity index (χ3v) is 6.70. The molecule has 33 heavy (non-hydrogen) atoms. The number of benzene rings is 2. The van der Waals surface area contributed by atoms with Gasteiger partial charge in [-0.1, -0.05) is 41.9 Å².